The van der Waals surface area contributed by atoms with E-state index in [9.17, 15) is 0 Å². The maximum absolute atomic E-state index is 6.11. The molecular formula is C23H31NO4. The van der Waals surface area contributed by atoms with Crippen LogP contribution in [0.15, 0.2) is 48.5 Å². The first kappa shape index (κ1) is 20.6. The van der Waals surface area contributed by atoms with E-state index in [1.54, 1.807) is 7.11 Å². The molecule has 0 saturated heterocycles. The Morgan fingerprint density at radius 3 is 2.54 bits per heavy atom. The number of likely N-dealkylation sites (N-methyl/N-ethyl adjacent to an activating group) is 1. The zero-order valence-electron chi connectivity index (χ0n) is 17.3. The lowest BCUT2D eigenvalue weighted by molar-refractivity contribution is -0.149. The largest absolute Gasteiger partial charge is 0.497 e. The Labute approximate surface area is 168 Å². The first-order chi connectivity index (χ1) is 13.7. The average Bonchev–Trinajstić information content (AvgIpc) is 2.73. The van der Waals surface area contributed by atoms with Crippen molar-refractivity contribution >= 4 is 0 Å². The molecule has 1 aliphatic rings. The standard InChI is InChI=1S/C23H31NO4/c1-5-26-22(27-6-2)15-24(3)20-16-28-21-13-8-7-12-19(21)23(20)17-10-9-11-18(14-17)25-4/h7-14,20,22-23H,5-6,15-16H2,1-4H3. The lowest BCUT2D eigenvalue weighted by Crippen LogP contribution is -2.47. The summed E-state index contributed by atoms with van der Waals surface area (Å²) in [4.78, 5) is 2.29. The quantitative estimate of drug-likeness (QED) is 0.612. The van der Waals surface area contributed by atoms with Gasteiger partial charge in [-0.25, -0.2) is 0 Å². The highest BCUT2D eigenvalue weighted by molar-refractivity contribution is 5.46. The van der Waals surface area contributed by atoms with Gasteiger partial charge in [0.15, 0.2) is 6.29 Å². The fourth-order valence-corrected chi connectivity index (χ4v) is 3.86. The lowest BCUT2D eigenvalue weighted by Gasteiger charge is -2.40. The summed E-state index contributed by atoms with van der Waals surface area (Å²) in [6.45, 7) is 6.53. The molecule has 0 fully saturated rings. The molecule has 0 amide bonds. The monoisotopic (exact) mass is 385 g/mol. The molecule has 1 aliphatic heterocycles. The van der Waals surface area contributed by atoms with Gasteiger partial charge in [0, 0.05) is 31.2 Å². The van der Waals surface area contributed by atoms with Gasteiger partial charge in [0.1, 0.15) is 18.1 Å². The van der Waals surface area contributed by atoms with Crippen LogP contribution in [0.4, 0.5) is 0 Å². The number of benzene rings is 2. The third-order valence-corrected chi connectivity index (χ3v) is 5.21. The Hall–Kier alpha value is -2.08. The van der Waals surface area contributed by atoms with Crippen LogP contribution in [0.3, 0.4) is 0 Å². The summed E-state index contributed by atoms with van der Waals surface area (Å²) in [7, 11) is 3.82. The molecule has 28 heavy (non-hydrogen) atoms. The van der Waals surface area contributed by atoms with Gasteiger partial charge in [-0.15, -0.1) is 0 Å². The van der Waals surface area contributed by atoms with Gasteiger partial charge in [-0.05, 0) is 44.7 Å². The topological polar surface area (TPSA) is 40.2 Å². The first-order valence-corrected chi connectivity index (χ1v) is 9.97. The highest BCUT2D eigenvalue weighted by Crippen LogP contribution is 2.40. The Balaban J connectivity index is 1.92. The molecule has 1 heterocycles. The Morgan fingerprint density at radius 1 is 1.07 bits per heavy atom. The second-order valence-corrected chi connectivity index (χ2v) is 6.95. The summed E-state index contributed by atoms with van der Waals surface area (Å²) in [6.07, 6.45) is -0.247. The number of ether oxygens (including phenoxy) is 4. The van der Waals surface area contributed by atoms with Gasteiger partial charge in [0.25, 0.3) is 0 Å². The maximum Gasteiger partial charge on any atom is 0.170 e. The number of methoxy groups -OCH3 is 1. The van der Waals surface area contributed by atoms with E-state index in [-0.39, 0.29) is 18.2 Å². The predicted octanol–water partition coefficient (Wildman–Crippen LogP) is 3.92. The van der Waals surface area contributed by atoms with Crippen molar-refractivity contribution in [2.75, 3.05) is 40.5 Å². The smallest absolute Gasteiger partial charge is 0.170 e. The molecule has 5 nitrogen and oxygen atoms in total. The highest BCUT2D eigenvalue weighted by atomic mass is 16.7. The normalized spacial score (nSPS) is 18.8. The van der Waals surface area contributed by atoms with Crippen molar-refractivity contribution in [2.45, 2.75) is 32.1 Å². The van der Waals surface area contributed by atoms with Crippen LogP contribution in [-0.2, 0) is 9.47 Å². The van der Waals surface area contributed by atoms with Crippen LogP contribution in [-0.4, -0.2) is 57.8 Å². The summed E-state index contributed by atoms with van der Waals surface area (Å²) < 4.78 is 23.1. The number of para-hydroxylation sites is 1. The molecule has 0 spiro atoms. The fourth-order valence-electron chi connectivity index (χ4n) is 3.86. The predicted molar refractivity (Wildman–Crippen MR) is 110 cm³/mol. The third kappa shape index (κ3) is 4.66. The van der Waals surface area contributed by atoms with Crippen molar-refractivity contribution in [2.24, 2.45) is 0 Å². The number of nitrogens with zero attached hydrogens (tertiary/aromatic N) is 1. The number of hydrogen-bond acceptors (Lipinski definition) is 5. The van der Waals surface area contributed by atoms with Gasteiger partial charge in [-0.1, -0.05) is 30.3 Å². The second-order valence-electron chi connectivity index (χ2n) is 6.95. The van der Waals surface area contributed by atoms with E-state index in [1.165, 1.54) is 11.1 Å². The lowest BCUT2D eigenvalue weighted by atomic mass is 9.82. The SMILES string of the molecule is CCOC(CN(C)C1COc2ccccc2C1c1cccc(OC)c1)OCC. The summed E-state index contributed by atoms with van der Waals surface area (Å²) >= 11 is 0. The van der Waals surface area contributed by atoms with Crippen LogP contribution in [0.2, 0.25) is 0 Å². The van der Waals surface area contributed by atoms with Gasteiger partial charge in [0.05, 0.1) is 13.2 Å². The van der Waals surface area contributed by atoms with Crippen LogP contribution < -0.4 is 9.47 Å². The molecule has 2 unspecified atom stereocenters. The minimum absolute atomic E-state index is 0.158. The van der Waals surface area contributed by atoms with Gasteiger partial charge in [-0.2, -0.15) is 0 Å². The van der Waals surface area contributed by atoms with E-state index < -0.39 is 0 Å². The fraction of sp³-hybridized carbons (Fsp3) is 0.478. The molecule has 5 heteroatoms. The summed E-state index contributed by atoms with van der Waals surface area (Å²) in [6, 6.07) is 16.8. The highest BCUT2D eigenvalue weighted by Gasteiger charge is 2.35. The zero-order chi connectivity index (χ0) is 19.9. The van der Waals surface area contributed by atoms with E-state index in [4.69, 9.17) is 18.9 Å². The van der Waals surface area contributed by atoms with E-state index in [0.29, 0.717) is 26.4 Å². The molecule has 0 N–H and O–H groups in total. The van der Waals surface area contributed by atoms with Crippen molar-refractivity contribution in [3.05, 3.63) is 59.7 Å². The maximum atomic E-state index is 6.11. The molecule has 0 radical (unpaired) electrons. The van der Waals surface area contributed by atoms with Crippen molar-refractivity contribution in [3.8, 4) is 11.5 Å². The summed E-state index contributed by atoms with van der Waals surface area (Å²) in [5.41, 5.74) is 2.42. The molecule has 2 aromatic carbocycles. The van der Waals surface area contributed by atoms with E-state index in [2.05, 4.69) is 36.2 Å². The van der Waals surface area contributed by atoms with Gasteiger partial charge in [0.2, 0.25) is 0 Å². The minimum atomic E-state index is -0.247. The second kappa shape index (κ2) is 9.92. The number of rotatable bonds is 9. The van der Waals surface area contributed by atoms with E-state index in [0.717, 1.165) is 11.5 Å². The van der Waals surface area contributed by atoms with Crippen molar-refractivity contribution < 1.29 is 18.9 Å². The third-order valence-electron chi connectivity index (χ3n) is 5.21. The van der Waals surface area contributed by atoms with Gasteiger partial charge < -0.3 is 18.9 Å². The summed E-state index contributed by atoms with van der Waals surface area (Å²) in [5, 5.41) is 0. The van der Waals surface area contributed by atoms with Crippen LogP contribution in [0.1, 0.15) is 30.9 Å². The Bertz CT molecular complexity index is 745. The van der Waals surface area contributed by atoms with Crippen LogP contribution in [0.5, 0.6) is 11.5 Å². The van der Waals surface area contributed by atoms with E-state index >= 15 is 0 Å². The number of hydrogen-bond donors (Lipinski definition) is 0. The molecule has 0 bridgehead atoms. The average molecular weight is 386 g/mol. The zero-order valence-corrected chi connectivity index (χ0v) is 17.3. The van der Waals surface area contributed by atoms with Crippen LogP contribution >= 0.6 is 0 Å². The molecule has 0 saturated carbocycles. The first-order valence-electron chi connectivity index (χ1n) is 9.97. The summed E-state index contributed by atoms with van der Waals surface area (Å²) in [5.74, 6) is 1.99. The van der Waals surface area contributed by atoms with Gasteiger partial charge >= 0.3 is 0 Å². The minimum Gasteiger partial charge on any atom is -0.497 e. The van der Waals surface area contributed by atoms with E-state index in [1.807, 2.05) is 38.1 Å². The van der Waals surface area contributed by atoms with Crippen LogP contribution in [0.25, 0.3) is 0 Å². The molecule has 152 valence electrons. The molecular weight excluding hydrogens is 354 g/mol. The molecule has 2 aromatic rings. The Morgan fingerprint density at radius 2 is 1.82 bits per heavy atom. The van der Waals surface area contributed by atoms with Crippen molar-refractivity contribution in [1.29, 1.82) is 0 Å². The van der Waals surface area contributed by atoms with Crippen LogP contribution in [0, 0.1) is 0 Å². The number of fused-ring (bicyclic) bond motifs is 1. The molecule has 3 rings (SSSR count). The van der Waals surface area contributed by atoms with Gasteiger partial charge in [-0.3, -0.25) is 4.90 Å². The van der Waals surface area contributed by atoms with Crippen molar-refractivity contribution in [1.82, 2.24) is 4.90 Å². The Kier molecular flexibility index (Phi) is 7.31. The van der Waals surface area contributed by atoms with Crippen molar-refractivity contribution in [3.63, 3.8) is 0 Å². The molecule has 2 atom stereocenters. The molecule has 0 aromatic heterocycles. The molecule has 0 aliphatic carbocycles.